The van der Waals surface area contributed by atoms with Crippen molar-refractivity contribution in [2.24, 2.45) is 7.05 Å². The summed E-state index contributed by atoms with van der Waals surface area (Å²) in [7, 11) is 1.77. The number of nitrogens with zero attached hydrogens (tertiary/aromatic N) is 3. The van der Waals surface area contributed by atoms with E-state index in [0.29, 0.717) is 11.5 Å². The molecule has 0 aliphatic rings. The Labute approximate surface area is 90.8 Å². The molecule has 6 heteroatoms. The van der Waals surface area contributed by atoms with Gasteiger partial charge < -0.3 is 5.32 Å². The van der Waals surface area contributed by atoms with Crippen LogP contribution in [0.5, 0.6) is 0 Å². The molecule has 2 heterocycles. The van der Waals surface area contributed by atoms with Crippen molar-refractivity contribution >= 4 is 23.1 Å². The van der Waals surface area contributed by atoms with Crippen LogP contribution in [0.25, 0.3) is 0 Å². The van der Waals surface area contributed by atoms with Crippen molar-refractivity contribution in [3.05, 3.63) is 28.3 Å². The number of aryl methyl sites for hydroxylation is 2. The molecule has 0 saturated heterocycles. The highest BCUT2D eigenvalue weighted by atomic mass is 32.1. The van der Waals surface area contributed by atoms with Crippen LogP contribution in [-0.2, 0) is 7.05 Å². The second-order valence-corrected chi connectivity index (χ2v) is 4.11. The van der Waals surface area contributed by atoms with Crippen LogP contribution < -0.4 is 5.32 Å². The average molecular weight is 222 g/mol. The second kappa shape index (κ2) is 3.82. The van der Waals surface area contributed by atoms with E-state index < -0.39 is 0 Å². The minimum Gasteiger partial charge on any atom is -0.305 e. The predicted octanol–water partition coefficient (Wildman–Crippen LogP) is 1.44. The maximum absolute atomic E-state index is 11.7. The summed E-state index contributed by atoms with van der Waals surface area (Å²) in [4.78, 5) is 15.8. The smallest absolute Gasteiger partial charge is 0.276 e. The van der Waals surface area contributed by atoms with Crippen molar-refractivity contribution in [2.75, 3.05) is 5.32 Å². The molecule has 15 heavy (non-hydrogen) atoms. The zero-order valence-corrected chi connectivity index (χ0v) is 9.21. The van der Waals surface area contributed by atoms with Crippen molar-refractivity contribution < 1.29 is 4.79 Å². The molecular weight excluding hydrogens is 212 g/mol. The van der Waals surface area contributed by atoms with Gasteiger partial charge in [-0.2, -0.15) is 5.10 Å². The Bertz CT molecular complexity index is 488. The molecule has 5 nitrogen and oxygen atoms in total. The first kappa shape index (κ1) is 9.85. The molecule has 0 aliphatic heterocycles. The van der Waals surface area contributed by atoms with Crippen LogP contribution in [-0.4, -0.2) is 20.7 Å². The van der Waals surface area contributed by atoms with E-state index in [9.17, 15) is 4.79 Å². The molecule has 0 fully saturated rings. The summed E-state index contributed by atoms with van der Waals surface area (Å²) in [5, 5.41) is 9.30. The van der Waals surface area contributed by atoms with Crippen molar-refractivity contribution in [3.63, 3.8) is 0 Å². The van der Waals surface area contributed by atoms with Gasteiger partial charge in [0.2, 0.25) is 0 Å². The zero-order chi connectivity index (χ0) is 10.8. The van der Waals surface area contributed by atoms with Crippen molar-refractivity contribution in [1.82, 2.24) is 14.8 Å². The Hall–Kier alpha value is -1.69. The van der Waals surface area contributed by atoms with E-state index in [1.807, 2.05) is 6.92 Å². The number of carbonyl (C=O) groups excluding carboxylic acids is 1. The molecule has 1 N–H and O–H groups in total. The number of anilines is 1. The lowest BCUT2D eigenvalue weighted by Crippen LogP contribution is -2.14. The van der Waals surface area contributed by atoms with Crippen LogP contribution in [0.2, 0.25) is 0 Å². The fourth-order valence-corrected chi connectivity index (χ4v) is 1.74. The molecule has 2 rings (SSSR count). The summed E-state index contributed by atoms with van der Waals surface area (Å²) in [6, 6.07) is 1.73. The van der Waals surface area contributed by atoms with Gasteiger partial charge in [-0.15, -0.1) is 11.3 Å². The van der Waals surface area contributed by atoms with Crippen molar-refractivity contribution in [2.45, 2.75) is 6.92 Å². The first-order valence-corrected chi connectivity index (χ1v) is 5.26. The van der Waals surface area contributed by atoms with Crippen molar-refractivity contribution in [3.8, 4) is 0 Å². The zero-order valence-electron chi connectivity index (χ0n) is 8.39. The highest BCUT2D eigenvalue weighted by molar-refractivity contribution is 7.09. The lowest BCUT2D eigenvalue weighted by molar-refractivity contribution is 0.102. The molecular formula is C9H10N4OS. The Morgan fingerprint density at radius 2 is 2.40 bits per heavy atom. The minimum absolute atomic E-state index is 0.206. The van der Waals surface area contributed by atoms with Crippen LogP contribution in [0.4, 0.5) is 5.82 Å². The summed E-state index contributed by atoms with van der Waals surface area (Å²) >= 11 is 1.46. The lowest BCUT2D eigenvalue weighted by Gasteiger charge is -2.02. The number of carbonyl (C=O) groups is 1. The minimum atomic E-state index is -0.206. The fraction of sp³-hybridized carbons (Fsp3) is 0.222. The Morgan fingerprint density at radius 3 is 2.93 bits per heavy atom. The SMILES string of the molecule is Cc1nc(C(=O)Nc2ccnn2C)cs1. The first-order chi connectivity index (χ1) is 7.16. The number of aromatic nitrogens is 3. The Kier molecular flexibility index (Phi) is 2.51. The third-order valence-electron chi connectivity index (χ3n) is 1.91. The number of nitrogens with one attached hydrogen (secondary N) is 1. The van der Waals surface area contributed by atoms with E-state index in [1.165, 1.54) is 11.3 Å². The molecule has 0 radical (unpaired) electrons. The predicted molar refractivity (Wildman–Crippen MR) is 58.0 cm³/mol. The van der Waals surface area contributed by atoms with E-state index in [1.54, 1.807) is 29.4 Å². The third-order valence-corrected chi connectivity index (χ3v) is 2.69. The molecule has 0 bridgehead atoms. The Morgan fingerprint density at radius 1 is 1.60 bits per heavy atom. The van der Waals surface area contributed by atoms with Gasteiger partial charge in [0.1, 0.15) is 11.5 Å². The molecule has 78 valence electrons. The fourth-order valence-electron chi connectivity index (χ4n) is 1.14. The van der Waals surface area contributed by atoms with Gasteiger partial charge in [0, 0.05) is 18.5 Å². The summed E-state index contributed by atoms with van der Waals surface area (Å²) in [6.07, 6.45) is 1.63. The molecule has 0 aromatic carbocycles. The van der Waals surface area contributed by atoms with E-state index >= 15 is 0 Å². The van der Waals surface area contributed by atoms with Crippen LogP contribution in [0.15, 0.2) is 17.6 Å². The van der Waals surface area contributed by atoms with Gasteiger partial charge in [-0.3, -0.25) is 9.48 Å². The molecule has 0 spiro atoms. The monoisotopic (exact) mass is 222 g/mol. The lowest BCUT2D eigenvalue weighted by atomic mass is 10.4. The van der Waals surface area contributed by atoms with E-state index in [-0.39, 0.29) is 5.91 Å². The van der Waals surface area contributed by atoms with E-state index in [2.05, 4.69) is 15.4 Å². The van der Waals surface area contributed by atoms with Gasteiger partial charge in [0.15, 0.2) is 0 Å². The summed E-state index contributed by atoms with van der Waals surface area (Å²) in [6.45, 7) is 1.87. The Balaban J connectivity index is 2.14. The molecule has 0 aliphatic carbocycles. The average Bonchev–Trinajstić information content (AvgIpc) is 2.77. The molecule has 2 aromatic rings. The van der Waals surface area contributed by atoms with Gasteiger partial charge >= 0.3 is 0 Å². The molecule has 1 amide bonds. The second-order valence-electron chi connectivity index (χ2n) is 3.05. The normalized spacial score (nSPS) is 10.3. The topological polar surface area (TPSA) is 59.8 Å². The molecule has 0 saturated carbocycles. The van der Waals surface area contributed by atoms with Crippen LogP contribution in [0.3, 0.4) is 0 Å². The summed E-state index contributed by atoms with van der Waals surface area (Å²) in [5.41, 5.74) is 0.443. The maximum atomic E-state index is 11.7. The van der Waals surface area contributed by atoms with Gasteiger partial charge in [-0.05, 0) is 6.92 Å². The van der Waals surface area contributed by atoms with Crippen LogP contribution >= 0.6 is 11.3 Å². The number of rotatable bonds is 2. The number of hydrogen-bond acceptors (Lipinski definition) is 4. The number of thiazole rings is 1. The highest BCUT2D eigenvalue weighted by Gasteiger charge is 2.10. The van der Waals surface area contributed by atoms with Crippen molar-refractivity contribution in [1.29, 1.82) is 0 Å². The van der Waals surface area contributed by atoms with E-state index in [0.717, 1.165) is 5.01 Å². The van der Waals surface area contributed by atoms with Gasteiger partial charge in [0.25, 0.3) is 5.91 Å². The summed E-state index contributed by atoms with van der Waals surface area (Å²) in [5.74, 6) is 0.452. The molecule has 0 unspecified atom stereocenters. The maximum Gasteiger partial charge on any atom is 0.276 e. The van der Waals surface area contributed by atoms with Gasteiger partial charge in [-0.1, -0.05) is 0 Å². The summed E-state index contributed by atoms with van der Waals surface area (Å²) < 4.78 is 1.59. The largest absolute Gasteiger partial charge is 0.305 e. The van der Waals surface area contributed by atoms with Gasteiger partial charge in [-0.25, -0.2) is 4.98 Å². The standard InChI is InChI=1S/C9H10N4OS/c1-6-11-7(5-15-6)9(14)12-8-3-4-10-13(8)2/h3-5H,1-2H3,(H,12,14). The van der Waals surface area contributed by atoms with Gasteiger partial charge in [0.05, 0.1) is 11.2 Å². The van der Waals surface area contributed by atoms with Crippen LogP contribution in [0, 0.1) is 6.92 Å². The molecule has 0 atom stereocenters. The third kappa shape index (κ3) is 2.04. The molecule has 2 aromatic heterocycles. The van der Waals surface area contributed by atoms with Crippen LogP contribution in [0.1, 0.15) is 15.5 Å². The highest BCUT2D eigenvalue weighted by Crippen LogP contribution is 2.10. The van der Waals surface area contributed by atoms with E-state index in [4.69, 9.17) is 0 Å². The quantitative estimate of drug-likeness (QED) is 0.836. The first-order valence-electron chi connectivity index (χ1n) is 4.38. The number of amides is 1. The number of hydrogen-bond donors (Lipinski definition) is 1.